The van der Waals surface area contributed by atoms with Crippen molar-refractivity contribution in [3.8, 4) is 0 Å². The minimum atomic E-state index is -0.983. The minimum absolute atomic E-state index is 0.0106. The fraction of sp³-hybridized carbons (Fsp3) is 0.737. The first-order valence-electron chi connectivity index (χ1n) is 9.85. The summed E-state index contributed by atoms with van der Waals surface area (Å²) in [4.78, 5) is 37.1. The molecule has 1 unspecified atom stereocenters. The van der Waals surface area contributed by atoms with Crippen LogP contribution in [0.4, 0.5) is 4.79 Å². The molecule has 1 fully saturated rings. The molecule has 0 spiro atoms. The molecule has 9 heteroatoms. The van der Waals surface area contributed by atoms with Crippen molar-refractivity contribution in [1.82, 2.24) is 15.5 Å². The number of nitrogens with two attached hydrogens (primary N) is 1. The van der Waals surface area contributed by atoms with E-state index in [0.717, 1.165) is 12.8 Å². The number of carbonyl (C=O) groups is 3. The summed E-state index contributed by atoms with van der Waals surface area (Å²) >= 11 is 0. The van der Waals surface area contributed by atoms with E-state index < -0.39 is 18.1 Å². The largest absolute Gasteiger partial charge is 0.478 e. The highest BCUT2D eigenvalue weighted by atomic mass is 16.6. The van der Waals surface area contributed by atoms with Crippen LogP contribution in [0.25, 0.3) is 0 Å². The molecule has 1 heterocycles. The number of aliphatic carboxylic acids is 1. The van der Waals surface area contributed by atoms with Crippen molar-refractivity contribution >= 4 is 18.0 Å². The minimum Gasteiger partial charge on any atom is -0.478 e. The lowest BCUT2D eigenvalue weighted by Crippen LogP contribution is -2.60. The average Bonchev–Trinajstić information content (AvgIpc) is 2.80. The fourth-order valence-electron chi connectivity index (χ4n) is 3.86. The summed E-state index contributed by atoms with van der Waals surface area (Å²) in [6, 6.07) is -1.13. The Hall–Kier alpha value is -2.13. The van der Waals surface area contributed by atoms with Crippen LogP contribution in [-0.4, -0.2) is 71.3 Å². The molecule has 5 N–H and O–H groups in total. The molecular weight excluding hydrogens is 364 g/mol. The number of nitrogens with one attached hydrogen (secondary N) is 2. The van der Waals surface area contributed by atoms with Crippen molar-refractivity contribution in [1.29, 1.82) is 0 Å². The van der Waals surface area contributed by atoms with E-state index in [1.54, 1.807) is 6.08 Å². The lowest BCUT2D eigenvalue weighted by Gasteiger charge is -2.41. The summed E-state index contributed by atoms with van der Waals surface area (Å²) in [6.45, 7) is 6.51. The Morgan fingerprint density at radius 3 is 2.61 bits per heavy atom. The normalized spacial score (nSPS) is 28.8. The van der Waals surface area contributed by atoms with Gasteiger partial charge in [-0.1, -0.05) is 6.08 Å². The molecule has 0 radical (unpaired) electrons. The number of hydrogen-bond acceptors (Lipinski definition) is 6. The SMILES string of the molecule is CC(=O)N[C@H]1[C@H](N2CCCC(OC(=O)NC(C)C)CC2)C=C(C(=O)O)C[C@@H]1N. The Balaban J connectivity index is 2.09. The second kappa shape index (κ2) is 9.88. The third-order valence-electron chi connectivity index (χ3n) is 5.11. The van der Waals surface area contributed by atoms with E-state index in [1.165, 1.54) is 6.92 Å². The van der Waals surface area contributed by atoms with Gasteiger partial charge in [0.05, 0.1) is 12.1 Å². The van der Waals surface area contributed by atoms with Gasteiger partial charge in [0.2, 0.25) is 5.91 Å². The summed E-state index contributed by atoms with van der Waals surface area (Å²) in [5.41, 5.74) is 6.48. The van der Waals surface area contributed by atoms with Gasteiger partial charge in [0, 0.05) is 31.1 Å². The van der Waals surface area contributed by atoms with Gasteiger partial charge in [-0.05, 0) is 46.1 Å². The lowest BCUT2D eigenvalue weighted by molar-refractivity contribution is -0.133. The summed E-state index contributed by atoms with van der Waals surface area (Å²) in [6.07, 6.45) is 3.49. The van der Waals surface area contributed by atoms with Gasteiger partial charge in [0.25, 0.3) is 0 Å². The number of amides is 2. The number of carboxylic acids is 1. The smallest absolute Gasteiger partial charge is 0.407 e. The quantitative estimate of drug-likeness (QED) is 0.534. The van der Waals surface area contributed by atoms with Gasteiger partial charge in [0.15, 0.2) is 0 Å². The van der Waals surface area contributed by atoms with E-state index in [1.807, 2.05) is 13.8 Å². The summed E-state index contributed by atoms with van der Waals surface area (Å²) in [7, 11) is 0. The number of ether oxygens (including phenoxy) is 1. The van der Waals surface area contributed by atoms with Gasteiger partial charge < -0.3 is 26.2 Å². The van der Waals surface area contributed by atoms with Crippen LogP contribution in [0.1, 0.15) is 46.5 Å². The fourth-order valence-corrected chi connectivity index (χ4v) is 3.86. The molecule has 2 rings (SSSR count). The topological polar surface area (TPSA) is 134 Å². The maximum atomic E-state index is 11.9. The molecule has 1 saturated heterocycles. The van der Waals surface area contributed by atoms with E-state index >= 15 is 0 Å². The van der Waals surface area contributed by atoms with Crippen molar-refractivity contribution in [3.63, 3.8) is 0 Å². The Bertz CT molecular complexity index is 621. The van der Waals surface area contributed by atoms with E-state index in [2.05, 4.69) is 15.5 Å². The Morgan fingerprint density at radius 2 is 2.00 bits per heavy atom. The van der Waals surface area contributed by atoms with E-state index in [0.29, 0.717) is 19.5 Å². The van der Waals surface area contributed by atoms with Gasteiger partial charge in [-0.25, -0.2) is 9.59 Å². The molecule has 158 valence electrons. The van der Waals surface area contributed by atoms with Crippen molar-refractivity contribution in [2.45, 2.75) is 76.7 Å². The molecule has 1 aliphatic heterocycles. The Morgan fingerprint density at radius 1 is 1.29 bits per heavy atom. The van der Waals surface area contributed by atoms with Crippen molar-refractivity contribution in [2.24, 2.45) is 5.73 Å². The van der Waals surface area contributed by atoms with Crippen LogP contribution < -0.4 is 16.4 Å². The van der Waals surface area contributed by atoms with E-state index in [4.69, 9.17) is 10.5 Å². The summed E-state index contributed by atoms with van der Waals surface area (Å²) in [5, 5.41) is 15.0. The van der Waals surface area contributed by atoms with E-state index in [9.17, 15) is 19.5 Å². The van der Waals surface area contributed by atoms with Crippen molar-refractivity contribution < 1.29 is 24.2 Å². The van der Waals surface area contributed by atoms with Crippen LogP contribution in [0.2, 0.25) is 0 Å². The first-order chi connectivity index (χ1) is 13.2. The average molecular weight is 396 g/mol. The van der Waals surface area contributed by atoms with Crippen LogP contribution in [0.3, 0.4) is 0 Å². The zero-order valence-corrected chi connectivity index (χ0v) is 16.8. The molecule has 1 aliphatic carbocycles. The maximum absolute atomic E-state index is 11.9. The zero-order valence-electron chi connectivity index (χ0n) is 16.8. The molecular formula is C19H32N4O5. The number of carboxylic acid groups (broad SMARTS) is 1. The first-order valence-corrected chi connectivity index (χ1v) is 9.85. The molecule has 0 aromatic carbocycles. The standard InChI is InChI=1S/C19H32N4O5/c1-11(2)21-19(27)28-14-5-4-7-23(8-6-14)16-10-13(18(25)26)9-15(20)17(16)22-12(3)24/h10-11,14-17H,4-9,20H2,1-3H3,(H,21,27)(H,22,24)(H,25,26)/t14?,15-,16+,17+/m0/s1. The van der Waals surface area contributed by atoms with Gasteiger partial charge in [-0.3, -0.25) is 9.69 Å². The molecule has 9 nitrogen and oxygen atoms in total. The number of nitrogens with zero attached hydrogens (tertiary/aromatic N) is 1. The number of alkyl carbamates (subject to hydrolysis) is 1. The second-order valence-corrected chi connectivity index (χ2v) is 7.88. The van der Waals surface area contributed by atoms with Crippen LogP contribution in [-0.2, 0) is 14.3 Å². The molecule has 0 aromatic rings. The molecule has 4 atom stereocenters. The molecule has 28 heavy (non-hydrogen) atoms. The highest BCUT2D eigenvalue weighted by molar-refractivity contribution is 5.87. The monoisotopic (exact) mass is 396 g/mol. The number of hydrogen-bond donors (Lipinski definition) is 4. The van der Waals surface area contributed by atoms with E-state index in [-0.39, 0.29) is 42.1 Å². The molecule has 0 bridgehead atoms. The highest BCUT2D eigenvalue weighted by Crippen LogP contribution is 2.25. The summed E-state index contributed by atoms with van der Waals surface area (Å²) in [5.74, 6) is -1.18. The maximum Gasteiger partial charge on any atom is 0.407 e. The van der Waals surface area contributed by atoms with Crippen molar-refractivity contribution in [2.75, 3.05) is 13.1 Å². The third kappa shape index (κ3) is 6.20. The van der Waals surface area contributed by atoms with Crippen LogP contribution in [0, 0.1) is 0 Å². The first kappa shape index (κ1) is 22.2. The summed E-state index contributed by atoms with van der Waals surface area (Å²) < 4.78 is 5.51. The molecule has 2 aliphatic rings. The van der Waals surface area contributed by atoms with Crippen LogP contribution in [0.5, 0.6) is 0 Å². The number of rotatable bonds is 5. The van der Waals surface area contributed by atoms with Crippen molar-refractivity contribution in [3.05, 3.63) is 11.6 Å². The van der Waals surface area contributed by atoms with Crippen LogP contribution in [0.15, 0.2) is 11.6 Å². The third-order valence-corrected chi connectivity index (χ3v) is 5.11. The van der Waals surface area contributed by atoms with Crippen LogP contribution >= 0.6 is 0 Å². The predicted octanol–water partition coefficient (Wildman–Crippen LogP) is 0.591. The Labute approximate surface area is 165 Å². The second-order valence-electron chi connectivity index (χ2n) is 7.88. The predicted molar refractivity (Wildman–Crippen MR) is 104 cm³/mol. The lowest BCUT2D eigenvalue weighted by atomic mass is 9.86. The van der Waals surface area contributed by atoms with Gasteiger partial charge >= 0.3 is 12.1 Å². The molecule has 0 saturated carbocycles. The number of likely N-dealkylation sites (tertiary alicyclic amines) is 1. The van der Waals surface area contributed by atoms with Gasteiger partial charge in [-0.2, -0.15) is 0 Å². The number of carbonyl (C=O) groups excluding carboxylic acids is 2. The van der Waals surface area contributed by atoms with Gasteiger partial charge in [0.1, 0.15) is 6.10 Å². The molecule has 0 aromatic heterocycles. The van der Waals surface area contributed by atoms with Gasteiger partial charge in [-0.15, -0.1) is 0 Å². The Kier molecular flexibility index (Phi) is 7.82. The molecule has 2 amide bonds. The zero-order chi connectivity index (χ0) is 20.8. The highest BCUT2D eigenvalue weighted by Gasteiger charge is 2.37.